The molecule has 0 amide bonds. The number of hydrogen-bond acceptors (Lipinski definition) is 4. The second-order valence-electron chi connectivity index (χ2n) is 6.01. The number of thiazole rings is 1. The van der Waals surface area contributed by atoms with Crippen molar-refractivity contribution in [1.82, 2.24) is 15.2 Å². The third-order valence-corrected chi connectivity index (χ3v) is 5.55. The van der Waals surface area contributed by atoms with E-state index in [9.17, 15) is 0 Å². The first kappa shape index (κ1) is 14.9. The highest BCUT2D eigenvalue weighted by molar-refractivity contribution is 7.11. The Balaban J connectivity index is 2.10. The molecule has 0 spiro atoms. The highest BCUT2D eigenvalue weighted by Crippen LogP contribution is 2.24. The lowest BCUT2D eigenvalue weighted by Crippen LogP contribution is -2.62. The molecule has 4 heteroatoms. The molecule has 19 heavy (non-hydrogen) atoms. The summed E-state index contributed by atoms with van der Waals surface area (Å²) in [6, 6.07) is 0.643. The van der Waals surface area contributed by atoms with E-state index in [2.05, 4.69) is 44.8 Å². The maximum Gasteiger partial charge on any atom is 0.107 e. The zero-order valence-electron chi connectivity index (χ0n) is 12.9. The molecule has 108 valence electrons. The summed E-state index contributed by atoms with van der Waals surface area (Å²) in [6.07, 6.45) is 2.38. The Morgan fingerprint density at radius 1 is 1.42 bits per heavy atom. The molecule has 1 N–H and O–H groups in total. The van der Waals surface area contributed by atoms with Crippen LogP contribution in [0.15, 0.2) is 0 Å². The van der Waals surface area contributed by atoms with Crippen molar-refractivity contribution in [2.24, 2.45) is 0 Å². The molecule has 1 aromatic heterocycles. The molecule has 0 saturated carbocycles. The van der Waals surface area contributed by atoms with Crippen LogP contribution >= 0.6 is 11.3 Å². The maximum absolute atomic E-state index is 4.70. The summed E-state index contributed by atoms with van der Waals surface area (Å²) in [5, 5.41) is 4.99. The minimum absolute atomic E-state index is 0.257. The lowest BCUT2D eigenvalue weighted by atomic mass is 9.93. The van der Waals surface area contributed by atoms with Crippen LogP contribution in [-0.2, 0) is 6.54 Å². The van der Waals surface area contributed by atoms with Crippen LogP contribution in [-0.4, -0.2) is 34.6 Å². The molecule has 1 aliphatic rings. The standard InChI is InChI=1S/C15H27N3S/c1-6-13-8-16-15(5,7-2)10-18(13)9-14-17-11(3)12(4)19-14/h13,16H,6-10H2,1-5H3. The summed E-state index contributed by atoms with van der Waals surface area (Å²) in [6.45, 7) is 14.4. The van der Waals surface area contributed by atoms with Crippen molar-refractivity contribution in [3.63, 3.8) is 0 Å². The zero-order chi connectivity index (χ0) is 14.0. The fourth-order valence-corrected chi connectivity index (χ4v) is 3.69. The van der Waals surface area contributed by atoms with Crippen molar-refractivity contribution in [2.75, 3.05) is 13.1 Å². The fraction of sp³-hybridized carbons (Fsp3) is 0.800. The summed E-state index contributed by atoms with van der Waals surface area (Å²) in [7, 11) is 0. The number of nitrogens with zero attached hydrogens (tertiary/aromatic N) is 2. The number of aryl methyl sites for hydroxylation is 2. The van der Waals surface area contributed by atoms with E-state index in [0.717, 1.165) is 19.6 Å². The van der Waals surface area contributed by atoms with Gasteiger partial charge >= 0.3 is 0 Å². The number of hydrogen-bond donors (Lipinski definition) is 1. The van der Waals surface area contributed by atoms with E-state index in [1.807, 2.05) is 11.3 Å². The normalized spacial score (nSPS) is 28.8. The van der Waals surface area contributed by atoms with E-state index in [1.165, 1.54) is 28.4 Å². The largest absolute Gasteiger partial charge is 0.309 e. The average Bonchev–Trinajstić information content (AvgIpc) is 2.69. The van der Waals surface area contributed by atoms with Crippen molar-refractivity contribution in [3.8, 4) is 0 Å². The molecule has 1 aromatic rings. The molecular weight excluding hydrogens is 254 g/mol. The summed E-state index contributed by atoms with van der Waals surface area (Å²) in [5.74, 6) is 0. The molecule has 1 fully saturated rings. The van der Waals surface area contributed by atoms with Crippen LogP contribution < -0.4 is 5.32 Å². The van der Waals surface area contributed by atoms with Gasteiger partial charge in [0.05, 0.1) is 12.2 Å². The van der Waals surface area contributed by atoms with Gasteiger partial charge in [-0.2, -0.15) is 0 Å². The van der Waals surface area contributed by atoms with Crippen LogP contribution in [0.3, 0.4) is 0 Å². The second kappa shape index (κ2) is 5.90. The Kier molecular flexibility index (Phi) is 4.64. The molecule has 1 aliphatic heterocycles. The summed E-state index contributed by atoms with van der Waals surface area (Å²) in [4.78, 5) is 8.68. The van der Waals surface area contributed by atoms with Crippen LogP contribution in [0.1, 0.15) is 49.2 Å². The second-order valence-corrected chi connectivity index (χ2v) is 7.30. The van der Waals surface area contributed by atoms with Gasteiger partial charge in [-0.1, -0.05) is 13.8 Å². The number of aromatic nitrogens is 1. The zero-order valence-corrected chi connectivity index (χ0v) is 13.7. The number of rotatable bonds is 4. The maximum atomic E-state index is 4.70. The van der Waals surface area contributed by atoms with Crippen molar-refractivity contribution in [3.05, 3.63) is 15.6 Å². The Morgan fingerprint density at radius 2 is 2.16 bits per heavy atom. The molecule has 2 heterocycles. The van der Waals surface area contributed by atoms with Gasteiger partial charge in [-0.05, 0) is 33.6 Å². The summed E-state index contributed by atoms with van der Waals surface area (Å²) >= 11 is 1.86. The highest BCUT2D eigenvalue weighted by Gasteiger charge is 2.34. The van der Waals surface area contributed by atoms with Gasteiger partial charge in [-0.15, -0.1) is 11.3 Å². The Bertz CT molecular complexity index is 410. The minimum Gasteiger partial charge on any atom is -0.309 e. The summed E-state index contributed by atoms with van der Waals surface area (Å²) in [5.41, 5.74) is 1.45. The fourth-order valence-electron chi connectivity index (χ4n) is 2.73. The molecule has 2 rings (SSSR count). The number of piperazine rings is 1. The number of nitrogens with one attached hydrogen (secondary N) is 1. The third-order valence-electron chi connectivity index (χ3n) is 4.50. The lowest BCUT2D eigenvalue weighted by Gasteiger charge is -2.45. The molecule has 0 radical (unpaired) electrons. The van der Waals surface area contributed by atoms with E-state index < -0.39 is 0 Å². The van der Waals surface area contributed by atoms with E-state index in [1.54, 1.807) is 0 Å². The van der Waals surface area contributed by atoms with Crippen molar-refractivity contribution >= 4 is 11.3 Å². The van der Waals surface area contributed by atoms with Gasteiger partial charge in [-0.3, -0.25) is 4.90 Å². The van der Waals surface area contributed by atoms with Gasteiger partial charge in [0.15, 0.2) is 0 Å². The molecular formula is C15H27N3S. The average molecular weight is 281 g/mol. The smallest absolute Gasteiger partial charge is 0.107 e. The van der Waals surface area contributed by atoms with Gasteiger partial charge < -0.3 is 5.32 Å². The Labute approximate surface area is 121 Å². The molecule has 0 bridgehead atoms. The monoisotopic (exact) mass is 281 g/mol. The molecule has 3 nitrogen and oxygen atoms in total. The van der Waals surface area contributed by atoms with Gasteiger partial charge in [0, 0.05) is 29.5 Å². The highest BCUT2D eigenvalue weighted by atomic mass is 32.1. The first-order valence-corrected chi connectivity index (χ1v) is 8.21. The van der Waals surface area contributed by atoms with Crippen molar-refractivity contribution in [1.29, 1.82) is 0 Å². The van der Waals surface area contributed by atoms with Crippen LogP contribution in [0.2, 0.25) is 0 Å². The minimum atomic E-state index is 0.257. The molecule has 1 saturated heterocycles. The predicted octanol–water partition coefficient (Wildman–Crippen LogP) is 3.11. The quantitative estimate of drug-likeness (QED) is 0.919. The summed E-state index contributed by atoms with van der Waals surface area (Å²) < 4.78 is 0. The van der Waals surface area contributed by atoms with Crippen LogP contribution in [0, 0.1) is 13.8 Å². The van der Waals surface area contributed by atoms with Gasteiger partial charge in [0.25, 0.3) is 0 Å². The SMILES string of the molecule is CCC1CNC(C)(CC)CN1Cc1nc(C)c(C)s1. The van der Waals surface area contributed by atoms with Crippen molar-refractivity contribution < 1.29 is 0 Å². The van der Waals surface area contributed by atoms with Crippen LogP contribution in [0.4, 0.5) is 0 Å². The van der Waals surface area contributed by atoms with Gasteiger partial charge in [0.1, 0.15) is 5.01 Å². The van der Waals surface area contributed by atoms with E-state index in [0.29, 0.717) is 6.04 Å². The first-order chi connectivity index (χ1) is 8.97. The molecule has 2 unspecified atom stereocenters. The first-order valence-electron chi connectivity index (χ1n) is 7.39. The van der Waals surface area contributed by atoms with E-state index in [-0.39, 0.29) is 5.54 Å². The Hall–Kier alpha value is -0.450. The van der Waals surface area contributed by atoms with E-state index >= 15 is 0 Å². The van der Waals surface area contributed by atoms with Gasteiger partial charge in [-0.25, -0.2) is 4.98 Å². The molecule has 0 aromatic carbocycles. The van der Waals surface area contributed by atoms with Crippen molar-refractivity contribution in [2.45, 2.75) is 65.6 Å². The Morgan fingerprint density at radius 3 is 2.68 bits per heavy atom. The van der Waals surface area contributed by atoms with E-state index in [4.69, 9.17) is 4.98 Å². The van der Waals surface area contributed by atoms with Crippen LogP contribution in [0.5, 0.6) is 0 Å². The third kappa shape index (κ3) is 3.36. The topological polar surface area (TPSA) is 28.2 Å². The van der Waals surface area contributed by atoms with Crippen LogP contribution in [0.25, 0.3) is 0 Å². The lowest BCUT2D eigenvalue weighted by molar-refractivity contribution is 0.0754. The molecule has 0 aliphatic carbocycles. The van der Waals surface area contributed by atoms with Gasteiger partial charge in [0.2, 0.25) is 0 Å². The molecule has 2 atom stereocenters. The predicted molar refractivity (Wildman–Crippen MR) is 82.8 cm³/mol.